The number of amides is 2. The van der Waals surface area contributed by atoms with Gasteiger partial charge in [-0.3, -0.25) is 0 Å². The molecule has 2 heterocycles. The minimum Gasteiger partial charge on any atom is -0.463 e. The van der Waals surface area contributed by atoms with Crippen molar-refractivity contribution in [2.75, 3.05) is 13.2 Å². The second kappa shape index (κ2) is 9.30. The maximum Gasteiger partial charge on any atom is 0.340 e. The number of carbonyl (C=O) groups is 3. The molecule has 10 heteroatoms. The highest BCUT2D eigenvalue weighted by atomic mass is 35.5. The number of hydrogen-bond acceptors (Lipinski definition) is 6. The predicted octanol–water partition coefficient (Wildman–Crippen LogP) is 4.08. The van der Waals surface area contributed by atoms with E-state index in [0.717, 1.165) is 4.88 Å². The van der Waals surface area contributed by atoms with Crippen LogP contribution in [0.4, 0.5) is 4.79 Å². The van der Waals surface area contributed by atoms with E-state index < -0.39 is 24.0 Å². The van der Waals surface area contributed by atoms with Gasteiger partial charge in [0.15, 0.2) is 0 Å². The first-order valence-electron chi connectivity index (χ1n) is 8.54. The van der Waals surface area contributed by atoms with Gasteiger partial charge in [-0.2, -0.15) is 0 Å². The number of urea groups is 1. The van der Waals surface area contributed by atoms with Crippen molar-refractivity contribution >= 4 is 52.5 Å². The fourth-order valence-corrected chi connectivity index (χ4v) is 3.87. The molecule has 2 aromatic rings. The third-order valence-corrected chi connectivity index (χ3v) is 5.47. The highest BCUT2D eigenvalue weighted by Crippen LogP contribution is 2.31. The molecule has 0 bridgehead atoms. The van der Waals surface area contributed by atoms with Crippen molar-refractivity contribution in [1.82, 2.24) is 10.6 Å². The topological polar surface area (TPSA) is 93.7 Å². The van der Waals surface area contributed by atoms with Gasteiger partial charge in [0.05, 0.1) is 34.5 Å². The summed E-state index contributed by atoms with van der Waals surface area (Å²) in [4.78, 5) is 37.9. The van der Waals surface area contributed by atoms with Crippen LogP contribution in [0.2, 0.25) is 10.0 Å². The Labute approximate surface area is 180 Å². The number of benzene rings is 1. The summed E-state index contributed by atoms with van der Waals surface area (Å²) in [6, 6.07) is 6.74. The summed E-state index contributed by atoms with van der Waals surface area (Å²) in [5, 5.41) is 7.54. The normalized spacial score (nSPS) is 16.1. The fraction of sp³-hybridized carbons (Fsp3) is 0.211. The molecule has 0 saturated carbocycles. The highest BCUT2D eigenvalue weighted by molar-refractivity contribution is 7.10. The Balaban J connectivity index is 1.90. The molecule has 0 spiro atoms. The monoisotopic (exact) mass is 454 g/mol. The molecule has 0 radical (unpaired) electrons. The molecule has 1 aromatic heterocycles. The Bertz CT molecular complexity index is 975. The van der Waals surface area contributed by atoms with Gasteiger partial charge in [-0.1, -0.05) is 29.3 Å². The van der Waals surface area contributed by atoms with Crippen molar-refractivity contribution in [2.45, 2.75) is 13.0 Å². The summed E-state index contributed by atoms with van der Waals surface area (Å²) in [5.74, 6) is -1.36. The number of ether oxygens (including phenoxy) is 2. The summed E-state index contributed by atoms with van der Waals surface area (Å²) in [7, 11) is 0. The zero-order valence-electron chi connectivity index (χ0n) is 15.2. The lowest BCUT2D eigenvalue weighted by atomic mass is 10.0. The van der Waals surface area contributed by atoms with Crippen molar-refractivity contribution in [3.05, 3.63) is 67.5 Å². The molecule has 29 heavy (non-hydrogen) atoms. The standard InChI is InChI=1S/C19H16Cl2N2O5S/c1-2-27-18(25)15-13(22-19(26)23-16(15)14-4-3-7-29-14)9-28-17(24)11-8-10(20)5-6-12(11)21/h3-8,16H,2,9H2,1H3,(H2,22,23,26)/t16-/m1/s1. The molecule has 0 unspecified atom stereocenters. The molecule has 0 aliphatic carbocycles. The van der Waals surface area contributed by atoms with E-state index in [9.17, 15) is 14.4 Å². The molecule has 0 fully saturated rings. The Morgan fingerprint density at radius 2 is 1.97 bits per heavy atom. The van der Waals surface area contributed by atoms with Crippen LogP contribution >= 0.6 is 34.5 Å². The summed E-state index contributed by atoms with van der Waals surface area (Å²) in [6.45, 7) is 1.47. The largest absolute Gasteiger partial charge is 0.463 e. The predicted molar refractivity (Wildman–Crippen MR) is 109 cm³/mol. The van der Waals surface area contributed by atoms with E-state index in [-0.39, 0.29) is 35.1 Å². The second-order valence-electron chi connectivity index (χ2n) is 5.86. The number of rotatable bonds is 6. The summed E-state index contributed by atoms with van der Waals surface area (Å²) in [5.41, 5.74) is 0.378. The van der Waals surface area contributed by atoms with Crippen LogP contribution in [0.5, 0.6) is 0 Å². The quantitative estimate of drug-likeness (QED) is 0.641. The van der Waals surface area contributed by atoms with Crippen molar-refractivity contribution < 1.29 is 23.9 Å². The Hall–Kier alpha value is -2.55. The Morgan fingerprint density at radius 3 is 2.66 bits per heavy atom. The molecule has 152 valence electrons. The molecule has 3 rings (SSSR count). The lowest BCUT2D eigenvalue weighted by Gasteiger charge is -2.28. The second-order valence-corrected chi connectivity index (χ2v) is 7.68. The number of halogens is 2. The Kier molecular flexibility index (Phi) is 6.79. The van der Waals surface area contributed by atoms with Gasteiger partial charge in [0.2, 0.25) is 0 Å². The molecule has 1 atom stereocenters. The number of nitrogens with one attached hydrogen (secondary N) is 2. The zero-order valence-corrected chi connectivity index (χ0v) is 17.5. The number of hydrogen-bond donors (Lipinski definition) is 2. The van der Waals surface area contributed by atoms with Gasteiger partial charge in [-0.25, -0.2) is 14.4 Å². The molecule has 1 aliphatic rings. The Morgan fingerprint density at radius 1 is 1.17 bits per heavy atom. The third-order valence-electron chi connectivity index (χ3n) is 3.97. The summed E-state index contributed by atoms with van der Waals surface area (Å²) in [6.07, 6.45) is 0. The average molecular weight is 455 g/mol. The van der Waals surface area contributed by atoms with Gasteiger partial charge in [-0.15, -0.1) is 11.3 Å². The average Bonchev–Trinajstić information content (AvgIpc) is 3.22. The van der Waals surface area contributed by atoms with Gasteiger partial charge in [0, 0.05) is 9.90 Å². The van der Waals surface area contributed by atoms with E-state index in [1.54, 1.807) is 25.1 Å². The summed E-state index contributed by atoms with van der Waals surface area (Å²) < 4.78 is 10.4. The van der Waals surface area contributed by atoms with Gasteiger partial charge < -0.3 is 20.1 Å². The van der Waals surface area contributed by atoms with Gasteiger partial charge in [0.1, 0.15) is 6.61 Å². The SMILES string of the molecule is CCOC(=O)C1=C(COC(=O)c2cc(Cl)ccc2Cl)NC(=O)N[C@@H]1c1cccs1. The molecule has 2 amide bonds. The fourth-order valence-electron chi connectivity index (χ4n) is 2.72. The van der Waals surface area contributed by atoms with Crippen LogP contribution in [0.15, 0.2) is 47.0 Å². The van der Waals surface area contributed by atoms with Crippen molar-refractivity contribution in [2.24, 2.45) is 0 Å². The van der Waals surface area contributed by atoms with Crippen molar-refractivity contribution in [1.29, 1.82) is 0 Å². The maximum atomic E-state index is 12.6. The van der Waals surface area contributed by atoms with E-state index in [1.807, 2.05) is 5.38 Å². The van der Waals surface area contributed by atoms with Gasteiger partial charge in [-0.05, 0) is 36.6 Å². The van der Waals surface area contributed by atoms with Crippen LogP contribution in [0, 0.1) is 0 Å². The minimum absolute atomic E-state index is 0.0764. The lowest BCUT2D eigenvalue weighted by molar-refractivity contribution is -0.139. The van der Waals surface area contributed by atoms with Crippen LogP contribution < -0.4 is 10.6 Å². The molecule has 1 aliphatic heterocycles. The van der Waals surface area contributed by atoms with Crippen LogP contribution in [0.1, 0.15) is 28.2 Å². The molecule has 7 nitrogen and oxygen atoms in total. The first-order chi connectivity index (χ1) is 13.9. The van der Waals surface area contributed by atoms with Crippen molar-refractivity contribution in [3.8, 4) is 0 Å². The van der Waals surface area contributed by atoms with Crippen LogP contribution in [0.3, 0.4) is 0 Å². The smallest absolute Gasteiger partial charge is 0.340 e. The van der Waals surface area contributed by atoms with E-state index in [0.29, 0.717) is 5.02 Å². The van der Waals surface area contributed by atoms with E-state index in [4.69, 9.17) is 32.7 Å². The first-order valence-corrected chi connectivity index (χ1v) is 10.2. The van der Waals surface area contributed by atoms with Crippen LogP contribution in [-0.4, -0.2) is 31.2 Å². The number of thiophene rings is 1. The van der Waals surface area contributed by atoms with Crippen LogP contribution in [0.25, 0.3) is 0 Å². The van der Waals surface area contributed by atoms with E-state index in [1.165, 1.54) is 23.5 Å². The highest BCUT2D eigenvalue weighted by Gasteiger charge is 2.34. The van der Waals surface area contributed by atoms with Gasteiger partial charge >= 0.3 is 18.0 Å². The lowest BCUT2D eigenvalue weighted by Crippen LogP contribution is -2.46. The number of carbonyl (C=O) groups excluding carboxylic acids is 3. The molecular formula is C19H16Cl2N2O5S. The first kappa shape index (κ1) is 21.2. The molecule has 2 N–H and O–H groups in total. The zero-order chi connectivity index (χ0) is 21.0. The van der Waals surface area contributed by atoms with E-state index in [2.05, 4.69) is 10.6 Å². The molecular weight excluding hydrogens is 439 g/mol. The molecule has 0 saturated heterocycles. The minimum atomic E-state index is -0.742. The van der Waals surface area contributed by atoms with E-state index >= 15 is 0 Å². The van der Waals surface area contributed by atoms with Gasteiger partial charge in [0.25, 0.3) is 0 Å². The van der Waals surface area contributed by atoms with Crippen LogP contribution in [-0.2, 0) is 14.3 Å². The summed E-state index contributed by atoms with van der Waals surface area (Å²) >= 11 is 13.3. The maximum absolute atomic E-state index is 12.6. The van der Waals surface area contributed by atoms with Crippen molar-refractivity contribution in [3.63, 3.8) is 0 Å². The third kappa shape index (κ3) is 4.90. The number of esters is 2. The molecule has 1 aromatic carbocycles.